The van der Waals surface area contributed by atoms with Crippen LogP contribution in [0.3, 0.4) is 0 Å². The average molecular weight is 374 g/mol. The van der Waals surface area contributed by atoms with Gasteiger partial charge in [-0.1, -0.05) is 38.5 Å². The average Bonchev–Trinajstić information content (AvgIpc) is 3.06. The summed E-state index contributed by atoms with van der Waals surface area (Å²) >= 11 is 1.61. The molecule has 1 N–H and O–H groups in total. The van der Waals surface area contributed by atoms with Crippen LogP contribution in [-0.4, -0.2) is 34.8 Å². The third-order valence-electron chi connectivity index (χ3n) is 4.18. The van der Waals surface area contributed by atoms with Crippen molar-refractivity contribution in [2.75, 3.05) is 7.05 Å². The number of aromatic nitrogens is 1. The van der Waals surface area contributed by atoms with Crippen LogP contribution in [0.4, 0.5) is 0 Å². The maximum atomic E-state index is 12.9. The van der Waals surface area contributed by atoms with Crippen LogP contribution in [0.15, 0.2) is 29.6 Å². The lowest BCUT2D eigenvalue weighted by atomic mass is 10.0. The molecule has 1 aromatic heterocycles. The largest absolute Gasteiger partial charge is 0.340 e. The van der Waals surface area contributed by atoms with Crippen molar-refractivity contribution in [1.82, 2.24) is 15.2 Å². The number of thiazole rings is 1. The molecule has 26 heavy (non-hydrogen) atoms. The number of hydrogen-bond donors (Lipinski definition) is 1. The summed E-state index contributed by atoms with van der Waals surface area (Å²) in [6.45, 7) is 8.32. The van der Waals surface area contributed by atoms with Gasteiger partial charge in [0, 0.05) is 18.0 Å². The Kier molecular flexibility index (Phi) is 6.91. The molecule has 0 radical (unpaired) electrons. The minimum absolute atomic E-state index is 0.0136. The summed E-state index contributed by atoms with van der Waals surface area (Å²) < 4.78 is 0. The molecule has 0 fully saturated rings. The first-order chi connectivity index (χ1) is 12.3. The first-order valence-electron chi connectivity index (χ1n) is 8.87. The van der Waals surface area contributed by atoms with Gasteiger partial charge in [-0.2, -0.15) is 0 Å². The van der Waals surface area contributed by atoms with Gasteiger partial charge in [0.15, 0.2) is 0 Å². The number of rotatable bonds is 7. The molecule has 2 rings (SSSR count). The minimum Gasteiger partial charge on any atom is -0.340 e. The Morgan fingerprint density at radius 3 is 2.62 bits per heavy atom. The van der Waals surface area contributed by atoms with Crippen LogP contribution in [0.5, 0.6) is 0 Å². The number of carbonyl (C=O) groups is 2. The molecule has 1 atom stereocenters. The predicted molar refractivity (Wildman–Crippen MR) is 105 cm³/mol. The number of nitrogens with zero attached hydrogens (tertiary/aromatic N) is 2. The maximum absolute atomic E-state index is 12.9. The third kappa shape index (κ3) is 5.14. The lowest BCUT2D eigenvalue weighted by Gasteiger charge is -2.26. The van der Waals surface area contributed by atoms with Crippen LogP contribution >= 0.6 is 11.3 Å². The predicted octanol–water partition coefficient (Wildman–Crippen LogP) is 3.43. The summed E-state index contributed by atoms with van der Waals surface area (Å²) in [4.78, 5) is 31.6. The summed E-state index contributed by atoms with van der Waals surface area (Å²) in [6.07, 6.45) is 0.892. The minimum atomic E-state index is -0.572. The summed E-state index contributed by atoms with van der Waals surface area (Å²) in [5.41, 5.74) is 2.46. The van der Waals surface area contributed by atoms with E-state index >= 15 is 0 Å². The highest BCUT2D eigenvalue weighted by Gasteiger charge is 2.27. The molecular weight excluding hydrogens is 346 g/mol. The van der Waals surface area contributed by atoms with Crippen molar-refractivity contribution in [3.05, 3.63) is 51.5 Å². The van der Waals surface area contributed by atoms with Crippen LogP contribution < -0.4 is 5.32 Å². The summed E-state index contributed by atoms with van der Waals surface area (Å²) in [6, 6.07) is 6.79. The Morgan fingerprint density at radius 2 is 2.04 bits per heavy atom. The van der Waals surface area contributed by atoms with Gasteiger partial charge in [-0.25, -0.2) is 4.98 Å². The molecule has 2 aromatic rings. The van der Waals surface area contributed by atoms with Gasteiger partial charge < -0.3 is 10.2 Å². The molecule has 0 saturated carbocycles. The molecule has 5 nitrogen and oxygen atoms in total. The molecule has 0 aliphatic heterocycles. The number of carbonyl (C=O) groups excluding carboxylic acids is 2. The SMILES string of the molecule is CCc1nc(CN(C)C(=O)C(NC(=O)c2cccc(C)c2)C(C)C)cs1. The standard InChI is InChI=1S/C20H27N3O2S/c1-6-17-21-16(12-26-17)11-23(5)20(25)18(13(2)3)22-19(24)15-9-7-8-14(4)10-15/h7-10,12-13,18H,6,11H2,1-5H3,(H,22,24). The van der Waals surface area contributed by atoms with Gasteiger partial charge in [0.05, 0.1) is 17.2 Å². The Hall–Kier alpha value is -2.21. The van der Waals surface area contributed by atoms with E-state index < -0.39 is 6.04 Å². The van der Waals surface area contributed by atoms with Gasteiger partial charge in [-0.05, 0) is 31.4 Å². The van der Waals surface area contributed by atoms with E-state index in [0.717, 1.165) is 22.7 Å². The Morgan fingerprint density at radius 1 is 1.31 bits per heavy atom. The van der Waals surface area contributed by atoms with Crippen LogP contribution in [0, 0.1) is 12.8 Å². The van der Waals surface area contributed by atoms with E-state index in [1.807, 2.05) is 44.4 Å². The monoisotopic (exact) mass is 373 g/mol. The number of amides is 2. The third-order valence-corrected chi connectivity index (χ3v) is 5.22. The lowest BCUT2D eigenvalue weighted by Crippen LogP contribution is -2.50. The van der Waals surface area contributed by atoms with Gasteiger partial charge in [0.25, 0.3) is 5.91 Å². The molecule has 1 heterocycles. The first-order valence-corrected chi connectivity index (χ1v) is 9.75. The van der Waals surface area contributed by atoms with Gasteiger partial charge in [0.1, 0.15) is 6.04 Å². The maximum Gasteiger partial charge on any atom is 0.251 e. The molecule has 0 saturated heterocycles. The number of hydrogen-bond acceptors (Lipinski definition) is 4. The molecule has 1 unspecified atom stereocenters. The first kappa shape index (κ1) is 20.1. The number of nitrogens with one attached hydrogen (secondary N) is 1. The number of aryl methyl sites for hydroxylation is 2. The van der Waals surface area contributed by atoms with Gasteiger partial charge >= 0.3 is 0 Å². The normalized spacial score (nSPS) is 12.1. The second-order valence-electron chi connectivity index (χ2n) is 6.85. The van der Waals surface area contributed by atoms with E-state index in [2.05, 4.69) is 17.2 Å². The fourth-order valence-electron chi connectivity index (χ4n) is 2.67. The van der Waals surface area contributed by atoms with Crippen molar-refractivity contribution in [2.24, 2.45) is 5.92 Å². The molecule has 1 aromatic carbocycles. The van der Waals surface area contributed by atoms with E-state index in [0.29, 0.717) is 12.1 Å². The van der Waals surface area contributed by atoms with Crippen molar-refractivity contribution in [3.8, 4) is 0 Å². The lowest BCUT2D eigenvalue weighted by molar-refractivity contribution is -0.133. The molecule has 0 aliphatic rings. The molecule has 6 heteroatoms. The topological polar surface area (TPSA) is 62.3 Å². The van der Waals surface area contributed by atoms with Crippen molar-refractivity contribution < 1.29 is 9.59 Å². The molecule has 0 bridgehead atoms. The molecule has 0 aliphatic carbocycles. The molecular formula is C20H27N3O2S. The van der Waals surface area contributed by atoms with E-state index in [1.54, 1.807) is 29.4 Å². The summed E-state index contributed by atoms with van der Waals surface area (Å²) in [5.74, 6) is -0.344. The summed E-state index contributed by atoms with van der Waals surface area (Å²) in [7, 11) is 1.75. The van der Waals surface area contributed by atoms with Crippen LogP contribution in [0.2, 0.25) is 0 Å². The van der Waals surface area contributed by atoms with Crippen molar-refractivity contribution >= 4 is 23.2 Å². The van der Waals surface area contributed by atoms with Crippen molar-refractivity contribution in [1.29, 1.82) is 0 Å². The summed E-state index contributed by atoms with van der Waals surface area (Å²) in [5, 5.41) is 5.94. The molecule has 140 valence electrons. The fraction of sp³-hybridized carbons (Fsp3) is 0.450. The number of benzene rings is 1. The van der Waals surface area contributed by atoms with Crippen LogP contribution in [0.25, 0.3) is 0 Å². The zero-order chi connectivity index (χ0) is 19.3. The fourth-order valence-corrected chi connectivity index (χ4v) is 3.40. The van der Waals surface area contributed by atoms with E-state index in [-0.39, 0.29) is 17.7 Å². The molecule has 0 spiro atoms. The van der Waals surface area contributed by atoms with Gasteiger partial charge in [-0.3, -0.25) is 9.59 Å². The molecule has 2 amide bonds. The van der Waals surface area contributed by atoms with Gasteiger partial charge in [-0.15, -0.1) is 11.3 Å². The Balaban J connectivity index is 2.07. The van der Waals surface area contributed by atoms with Crippen molar-refractivity contribution in [2.45, 2.75) is 46.7 Å². The second-order valence-corrected chi connectivity index (χ2v) is 7.79. The van der Waals surface area contributed by atoms with Crippen LogP contribution in [-0.2, 0) is 17.8 Å². The number of likely N-dealkylation sites (N-methyl/N-ethyl adjacent to an activating group) is 1. The highest BCUT2D eigenvalue weighted by atomic mass is 32.1. The van der Waals surface area contributed by atoms with E-state index in [9.17, 15) is 9.59 Å². The van der Waals surface area contributed by atoms with Crippen LogP contribution in [0.1, 0.15) is 47.4 Å². The Bertz CT molecular complexity index is 770. The van der Waals surface area contributed by atoms with Gasteiger partial charge in [0.2, 0.25) is 5.91 Å². The Labute approximate surface area is 159 Å². The zero-order valence-electron chi connectivity index (χ0n) is 16.1. The van der Waals surface area contributed by atoms with E-state index in [4.69, 9.17) is 0 Å². The van der Waals surface area contributed by atoms with E-state index in [1.165, 1.54) is 0 Å². The smallest absolute Gasteiger partial charge is 0.251 e. The zero-order valence-corrected chi connectivity index (χ0v) is 16.9. The van der Waals surface area contributed by atoms with Crippen molar-refractivity contribution in [3.63, 3.8) is 0 Å². The highest BCUT2D eigenvalue weighted by molar-refractivity contribution is 7.09. The second kappa shape index (κ2) is 8.94. The highest BCUT2D eigenvalue weighted by Crippen LogP contribution is 2.14. The quantitative estimate of drug-likeness (QED) is 0.809.